The van der Waals surface area contributed by atoms with Crippen molar-refractivity contribution in [2.75, 3.05) is 10.7 Å². The number of hydrogen-bond donors (Lipinski definition) is 0. The maximum atomic E-state index is 3.66. The molecule has 0 aromatic heterocycles. The number of alkyl halides is 2. The average molecular weight is 361 g/mol. The molecule has 0 bridgehead atoms. The predicted octanol–water partition coefficient (Wildman–Crippen LogP) is 4.20. The highest BCUT2D eigenvalue weighted by atomic mass is 79.9. The normalized spacial score (nSPS) is 26.0. The van der Waals surface area contributed by atoms with E-state index in [0.717, 1.165) is 17.2 Å². The van der Waals surface area contributed by atoms with Gasteiger partial charge in [0.15, 0.2) is 0 Å². The van der Waals surface area contributed by atoms with Crippen LogP contribution in [0.25, 0.3) is 0 Å². The third kappa shape index (κ3) is 3.55. The molecular weight excluding hydrogens is 342 g/mol. The van der Waals surface area contributed by atoms with Gasteiger partial charge >= 0.3 is 0 Å². The Morgan fingerprint density at radius 1 is 1.00 bits per heavy atom. The van der Waals surface area contributed by atoms with Crippen LogP contribution in [0.1, 0.15) is 24.8 Å². The second-order valence-electron chi connectivity index (χ2n) is 4.71. The van der Waals surface area contributed by atoms with E-state index in [2.05, 4.69) is 67.1 Å². The lowest BCUT2D eigenvalue weighted by Crippen LogP contribution is -2.47. The Hall–Kier alpha value is 0.140. The molecular formula is C14H19Br2N. The summed E-state index contributed by atoms with van der Waals surface area (Å²) in [6, 6.07) is 12.2. The second-order valence-corrected chi connectivity index (χ2v) is 6.00. The minimum atomic E-state index is 0.687. The standard InChI is InChI=1S/C14H19Br2N/c15-9-13-7-4-8-14(10-16)17(13)11-12-5-2-1-3-6-12/h1-3,5-6,13-14H,4,7-11H2/t13-,14+. The zero-order chi connectivity index (χ0) is 12.1. The summed E-state index contributed by atoms with van der Waals surface area (Å²) in [5.74, 6) is 0. The van der Waals surface area contributed by atoms with E-state index in [-0.39, 0.29) is 0 Å². The second kappa shape index (κ2) is 6.91. The van der Waals surface area contributed by atoms with Gasteiger partial charge in [-0.05, 0) is 18.4 Å². The van der Waals surface area contributed by atoms with E-state index in [1.165, 1.54) is 24.8 Å². The van der Waals surface area contributed by atoms with Gasteiger partial charge in [-0.25, -0.2) is 0 Å². The van der Waals surface area contributed by atoms with Crippen LogP contribution in [0.4, 0.5) is 0 Å². The van der Waals surface area contributed by atoms with Crippen LogP contribution >= 0.6 is 31.9 Å². The molecule has 1 aliphatic rings. The summed E-state index contributed by atoms with van der Waals surface area (Å²) in [4.78, 5) is 2.66. The number of rotatable bonds is 4. The lowest BCUT2D eigenvalue weighted by Gasteiger charge is -2.41. The van der Waals surface area contributed by atoms with Gasteiger partial charge in [-0.2, -0.15) is 0 Å². The molecule has 0 amide bonds. The average Bonchev–Trinajstić information content (AvgIpc) is 2.40. The molecule has 2 atom stereocenters. The van der Waals surface area contributed by atoms with E-state index in [0.29, 0.717) is 12.1 Å². The number of halogens is 2. The van der Waals surface area contributed by atoms with Gasteiger partial charge in [-0.15, -0.1) is 0 Å². The lowest BCUT2D eigenvalue weighted by molar-refractivity contribution is 0.102. The first kappa shape index (κ1) is 13.6. The molecule has 2 rings (SSSR count). The quantitative estimate of drug-likeness (QED) is 0.727. The monoisotopic (exact) mass is 359 g/mol. The van der Waals surface area contributed by atoms with Crippen molar-refractivity contribution in [3.05, 3.63) is 35.9 Å². The maximum absolute atomic E-state index is 3.66. The van der Waals surface area contributed by atoms with Gasteiger partial charge < -0.3 is 0 Å². The van der Waals surface area contributed by atoms with E-state index >= 15 is 0 Å². The van der Waals surface area contributed by atoms with Gasteiger partial charge in [0.25, 0.3) is 0 Å². The van der Waals surface area contributed by atoms with Crippen molar-refractivity contribution in [2.45, 2.75) is 37.9 Å². The third-order valence-corrected chi connectivity index (χ3v) is 5.07. The first-order valence-corrected chi connectivity index (χ1v) is 8.51. The molecule has 1 aliphatic heterocycles. The Balaban J connectivity index is 2.08. The van der Waals surface area contributed by atoms with E-state index < -0.39 is 0 Å². The van der Waals surface area contributed by atoms with Crippen LogP contribution in [0.5, 0.6) is 0 Å². The van der Waals surface area contributed by atoms with Crippen LogP contribution in [0.15, 0.2) is 30.3 Å². The highest BCUT2D eigenvalue weighted by Crippen LogP contribution is 2.27. The molecule has 0 saturated carbocycles. The summed E-state index contributed by atoms with van der Waals surface area (Å²) in [6.45, 7) is 1.08. The molecule has 17 heavy (non-hydrogen) atoms. The molecule has 0 aliphatic carbocycles. The molecule has 1 nitrogen and oxygen atoms in total. The highest BCUT2D eigenvalue weighted by Gasteiger charge is 2.28. The molecule has 1 aromatic rings. The molecule has 0 spiro atoms. The Labute approximate surface area is 121 Å². The van der Waals surface area contributed by atoms with Crippen LogP contribution in [-0.4, -0.2) is 27.6 Å². The zero-order valence-electron chi connectivity index (χ0n) is 9.99. The summed E-state index contributed by atoms with van der Waals surface area (Å²) < 4.78 is 0. The minimum Gasteiger partial charge on any atom is -0.292 e. The predicted molar refractivity (Wildman–Crippen MR) is 81.0 cm³/mol. The first-order chi connectivity index (χ1) is 8.35. The van der Waals surface area contributed by atoms with Crippen molar-refractivity contribution in [3.63, 3.8) is 0 Å². The van der Waals surface area contributed by atoms with Gasteiger partial charge in [0.05, 0.1) is 0 Å². The van der Waals surface area contributed by atoms with E-state index in [1.807, 2.05) is 0 Å². The van der Waals surface area contributed by atoms with Crippen LogP contribution < -0.4 is 0 Å². The molecule has 94 valence electrons. The van der Waals surface area contributed by atoms with Crippen molar-refractivity contribution >= 4 is 31.9 Å². The molecule has 1 fully saturated rings. The summed E-state index contributed by atoms with van der Waals surface area (Å²) in [5, 5.41) is 2.17. The summed E-state index contributed by atoms with van der Waals surface area (Å²) in [5.41, 5.74) is 1.42. The molecule has 0 unspecified atom stereocenters. The van der Waals surface area contributed by atoms with Crippen molar-refractivity contribution in [1.82, 2.24) is 4.90 Å². The fraction of sp³-hybridized carbons (Fsp3) is 0.571. The molecule has 1 heterocycles. The summed E-state index contributed by atoms with van der Waals surface area (Å²) in [6.07, 6.45) is 4.00. The minimum absolute atomic E-state index is 0.687. The van der Waals surface area contributed by atoms with Crippen LogP contribution in [0.2, 0.25) is 0 Å². The maximum Gasteiger partial charge on any atom is 0.0240 e. The van der Waals surface area contributed by atoms with E-state index in [4.69, 9.17) is 0 Å². The van der Waals surface area contributed by atoms with Crippen molar-refractivity contribution in [3.8, 4) is 0 Å². The highest BCUT2D eigenvalue weighted by molar-refractivity contribution is 9.09. The van der Waals surface area contributed by atoms with Gasteiger partial charge in [-0.3, -0.25) is 4.90 Å². The number of likely N-dealkylation sites (tertiary alicyclic amines) is 1. The van der Waals surface area contributed by atoms with Crippen LogP contribution in [0, 0.1) is 0 Å². The number of nitrogens with zero attached hydrogens (tertiary/aromatic N) is 1. The first-order valence-electron chi connectivity index (χ1n) is 6.26. The number of hydrogen-bond acceptors (Lipinski definition) is 1. The molecule has 0 N–H and O–H groups in total. The smallest absolute Gasteiger partial charge is 0.0240 e. The van der Waals surface area contributed by atoms with Crippen LogP contribution in [-0.2, 0) is 6.54 Å². The SMILES string of the molecule is BrC[C@@H]1CCC[C@H](CBr)N1Cc1ccccc1. The van der Waals surface area contributed by atoms with Gasteiger partial charge in [-0.1, -0.05) is 68.6 Å². The molecule has 1 saturated heterocycles. The largest absolute Gasteiger partial charge is 0.292 e. The summed E-state index contributed by atoms with van der Waals surface area (Å²) >= 11 is 7.33. The molecule has 3 heteroatoms. The fourth-order valence-electron chi connectivity index (χ4n) is 2.60. The molecule has 0 radical (unpaired) electrons. The van der Waals surface area contributed by atoms with Gasteiger partial charge in [0.1, 0.15) is 0 Å². The van der Waals surface area contributed by atoms with Crippen molar-refractivity contribution < 1.29 is 0 Å². The Kier molecular flexibility index (Phi) is 5.51. The zero-order valence-corrected chi connectivity index (χ0v) is 13.2. The van der Waals surface area contributed by atoms with Gasteiger partial charge in [0, 0.05) is 29.3 Å². The van der Waals surface area contributed by atoms with E-state index in [9.17, 15) is 0 Å². The van der Waals surface area contributed by atoms with Crippen LogP contribution in [0.3, 0.4) is 0 Å². The van der Waals surface area contributed by atoms with Crippen molar-refractivity contribution in [2.24, 2.45) is 0 Å². The van der Waals surface area contributed by atoms with Crippen molar-refractivity contribution in [1.29, 1.82) is 0 Å². The Bertz CT molecular complexity index is 316. The Morgan fingerprint density at radius 3 is 2.12 bits per heavy atom. The topological polar surface area (TPSA) is 3.24 Å². The molecule has 1 aromatic carbocycles. The van der Waals surface area contributed by atoms with Gasteiger partial charge in [0.2, 0.25) is 0 Å². The lowest BCUT2D eigenvalue weighted by atomic mass is 9.96. The summed E-state index contributed by atoms with van der Waals surface area (Å²) in [7, 11) is 0. The van der Waals surface area contributed by atoms with E-state index in [1.54, 1.807) is 0 Å². The number of piperidine rings is 1. The Morgan fingerprint density at radius 2 is 1.59 bits per heavy atom. The number of benzene rings is 1. The fourth-order valence-corrected chi connectivity index (χ4v) is 3.99. The third-order valence-electron chi connectivity index (χ3n) is 3.58.